The summed E-state index contributed by atoms with van der Waals surface area (Å²) in [6.07, 6.45) is 8.50. The molecule has 2 aromatic heterocycles. The molecule has 152 valence electrons. The summed E-state index contributed by atoms with van der Waals surface area (Å²) >= 11 is 1.65. The fourth-order valence-electron chi connectivity index (χ4n) is 3.57. The number of hydrogen-bond donors (Lipinski definition) is 1. The number of hydrogen-bond acceptors (Lipinski definition) is 5. The molecule has 0 amide bonds. The molecule has 1 aromatic carbocycles. The lowest BCUT2D eigenvalue weighted by Crippen LogP contribution is -2.05. The highest BCUT2D eigenvalue weighted by atomic mass is 32.1. The van der Waals surface area contributed by atoms with Crippen LogP contribution in [0.15, 0.2) is 36.5 Å². The predicted octanol–water partition coefficient (Wildman–Crippen LogP) is 6.66. The van der Waals surface area contributed by atoms with Crippen LogP contribution < -0.4 is 5.32 Å². The van der Waals surface area contributed by atoms with E-state index in [4.69, 9.17) is 9.97 Å². The van der Waals surface area contributed by atoms with Crippen molar-refractivity contribution in [2.24, 2.45) is 0 Å². The van der Waals surface area contributed by atoms with Gasteiger partial charge in [-0.05, 0) is 43.9 Å². The zero-order valence-electron chi connectivity index (χ0n) is 17.0. The first-order valence-corrected chi connectivity index (χ1v) is 11.4. The molecule has 4 rings (SSSR count). The third-order valence-electron chi connectivity index (χ3n) is 5.19. The standard InChI is InChI=1S/C23H27FN4S/c1-3-7-15(8-4-2)22-28-20(17-9-5-6-10-18(17)24)21(29-22)19-13-14-25-23(27-19)26-16-11-12-16/h5-6,9-10,13-16H,3-4,7-8,11-12H2,1-2H3,(H,25,26,27). The van der Waals surface area contributed by atoms with Gasteiger partial charge < -0.3 is 5.32 Å². The number of halogens is 1. The van der Waals surface area contributed by atoms with E-state index in [-0.39, 0.29) is 5.82 Å². The molecule has 0 saturated heterocycles. The Bertz CT molecular complexity index is 961. The van der Waals surface area contributed by atoms with Crippen LogP contribution in [0.3, 0.4) is 0 Å². The summed E-state index contributed by atoms with van der Waals surface area (Å²) in [5, 5.41) is 4.44. The number of nitrogens with zero attached hydrogens (tertiary/aromatic N) is 3. The minimum Gasteiger partial charge on any atom is -0.351 e. The van der Waals surface area contributed by atoms with Crippen molar-refractivity contribution >= 4 is 17.3 Å². The van der Waals surface area contributed by atoms with Crippen molar-refractivity contribution in [3.05, 3.63) is 47.4 Å². The van der Waals surface area contributed by atoms with E-state index >= 15 is 0 Å². The fourth-order valence-corrected chi connectivity index (χ4v) is 4.79. The zero-order valence-corrected chi connectivity index (χ0v) is 17.8. The van der Waals surface area contributed by atoms with Gasteiger partial charge in [-0.1, -0.05) is 38.8 Å². The van der Waals surface area contributed by atoms with E-state index in [1.165, 1.54) is 6.07 Å². The maximum absolute atomic E-state index is 14.7. The van der Waals surface area contributed by atoms with Crippen molar-refractivity contribution in [1.82, 2.24) is 15.0 Å². The number of aromatic nitrogens is 3. The average molecular weight is 411 g/mol. The number of rotatable bonds is 9. The molecular formula is C23H27FN4S. The molecular weight excluding hydrogens is 383 g/mol. The van der Waals surface area contributed by atoms with E-state index in [2.05, 4.69) is 24.1 Å². The zero-order chi connectivity index (χ0) is 20.2. The summed E-state index contributed by atoms with van der Waals surface area (Å²) in [5.74, 6) is 0.789. The molecule has 1 N–H and O–H groups in total. The van der Waals surface area contributed by atoms with Crippen LogP contribution in [0.2, 0.25) is 0 Å². The second-order valence-corrected chi connectivity index (χ2v) is 8.70. The van der Waals surface area contributed by atoms with E-state index in [0.717, 1.165) is 54.1 Å². The summed E-state index contributed by atoms with van der Waals surface area (Å²) in [5.41, 5.74) is 2.03. The maximum atomic E-state index is 14.7. The van der Waals surface area contributed by atoms with Crippen LogP contribution in [0.4, 0.5) is 10.3 Å². The number of nitrogens with one attached hydrogen (secondary N) is 1. The quantitative estimate of drug-likeness (QED) is 0.428. The fraction of sp³-hybridized carbons (Fsp3) is 0.435. The van der Waals surface area contributed by atoms with Gasteiger partial charge >= 0.3 is 0 Å². The van der Waals surface area contributed by atoms with Crippen molar-refractivity contribution in [2.45, 2.75) is 64.3 Å². The van der Waals surface area contributed by atoms with Crippen LogP contribution in [0.1, 0.15) is 63.3 Å². The predicted molar refractivity (Wildman–Crippen MR) is 118 cm³/mol. The second-order valence-electron chi connectivity index (χ2n) is 7.67. The first-order chi connectivity index (χ1) is 14.2. The van der Waals surface area contributed by atoms with Crippen LogP contribution in [-0.2, 0) is 0 Å². The second kappa shape index (κ2) is 8.99. The van der Waals surface area contributed by atoms with Crippen LogP contribution in [0.25, 0.3) is 21.8 Å². The number of benzene rings is 1. The molecule has 0 atom stereocenters. The maximum Gasteiger partial charge on any atom is 0.223 e. The Balaban J connectivity index is 1.79. The normalized spacial score (nSPS) is 13.8. The summed E-state index contributed by atoms with van der Waals surface area (Å²) in [7, 11) is 0. The first-order valence-electron chi connectivity index (χ1n) is 10.5. The molecule has 0 aliphatic heterocycles. The molecule has 0 spiro atoms. The topological polar surface area (TPSA) is 50.7 Å². The first kappa shape index (κ1) is 20.0. The van der Waals surface area contributed by atoms with Crippen LogP contribution in [0.5, 0.6) is 0 Å². The third kappa shape index (κ3) is 4.64. The molecule has 1 fully saturated rings. The van der Waals surface area contributed by atoms with Crippen molar-refractivity contribution in [3.8, 4) is 21.8 Å². The molecule has 0 bridgehead atoms. The smallest absolute Gasteiger partial charge is 0.223 e. The lowest BCUT2D eigenvalue weighted by Gasteiger charge is -2.11. The average Bonchev–Trinajstić information content (AvgIpc) is 3.43. The van der Waals surface area contributed by atoms with Gasteiger partial charge in [0, 0.05) is 23.7 Å². The van der Waals surface area contributed by atoms with E-state index in [1.54, 1.807) is 29.7 Å². The summed E-state index contributed by atoms with van der Waals surface area (Å²) < 4.78 is 14.7. The monoisotopic (exact) mass is 410 g/mol. The molecule has 4 nitrogen and oxygen atoms in total. The van der Waals surface area contributed by atoms with E-state index in [9.17, 15) is 4.39 Å². The summed E-state index contributed by atoms with van der Waals surface area (Å²) in [6.45, 7) is 4.41. The van der Waals surface area contributed by atoms with Gasteiger partial charge in [0.15, 0.2) is 0 Å². The molecule has 29 heavy (non-hydrogen) atoms. The van der Waals surface area contributed by atoms with Crippen LogP contribution >= 0.6 is 11.3 Å². The van der Waals surface area contributed by atoms with Gasteiger partial charge in [-0.2, -0.15) is 0 Å². The molecule has 0 unspecified atom stereocenters. The Morgan fingerprint density at radius 3 is 2.55 bits per heavy atom. The van der Waals surface area contributed by atoms with Crippen LogP contribution in [-0.4, -0.2) is 21.0 Å². The largest absolute Gasteiger partial charge is 0.351 e. The molecule has 3 aromatic rings. The van der Waals surface area contributed by atoms with Gasteiger partial charge in [-0.3, -0.25) is 0 Å². The Kier molecular flexibility index (Phi) is 6.19. The number of thiazole rings is 1. The van der Waals surface area contributed by atoms with Crippen molar-refractivity contribution < 1.29 is 4.39 Å². The highest BCUT2D eigenvalue weighted by Gasteiger charge is 2.24. The Hall–Kier alpha value is -2.34. The highest BCUT2D eigenvalue weighted by molar-refractivity contribution is 7.15. The Morgan fingerprint density at radius 1 is 1.10 bits per heavy atom. The highest BCUT2D eigenvalue weighted by Crippen LogP contribution is 2.41. The van der Waals surface area contributed by atoms with Gasteiger partial charge in [0.1, 0.15) is 5.82 Å². The van der Waals surface area contributed by atoms with E-state index in [1.807, 2.05) is 12.1 Å². The van der Waals surface area contributed by atoms with Crippen molar-refractivity contribution in [3.63, 3.8) is 0 Å². The van der Waals surface area contributed by atoms with Gasteiger partial charge in [0.05, 0.1) is 21.3 Å². The van der Waals surface area contributed by atoms with E-state index in [0.29, 0.717) is 29.2 Å². The Morgan fingerprint density at radius 2 is 1.86 bits per heavy atom. The Labute approximate surface area is 175 Å². The van der Waals surface area contributed by atoms with Gasteiger partial charge in [0.25, 0.3) is 0 Å². The van der Waals surface area contributed by atoms with Crippen molar-refractivity contribution in [2.75, 3.05) is 5.32 Å². The van der Waals surface area contributed by atoms with Gasteiger partial charge in [-0.15, -0.1) is 11.3 Å². The molecule has 2 heterocycles. The van der Waals surface area contributed by atoms with Gasteiger partial charge in [0.2, 0.25) is 5.95 Å². The molecule has 1 aliphatic carbocycles. The third-order valence-corrected chi connectivity index (χ3v) is 6.44. The van der Waals surface area contributed by atoms with E-state index < -0.39 is 0 Å². The molecule has 0 radical (unpaired) electrons. The minimum atomic E-state index is -0.251. The summed E-state index contributed by atoms with van der Waals surface area (Å²) in [6, 6.07) is 9.24. The SMILES string of the molecule is CCCC(CCC)c1nc(-c2ccccc2F)c(-c2ccnc(NC3CC3)n2)s1. The van der Waals surface area contributed by atoms with Gasteiger partial charge in [-0.25, -0.2) is 19.3 Å². The van der Waals surface area contributed by atoms with Crippen molar-refractivity contribution in [1.29, 1.82) is 0 Å². The number of anilines is 1. The lowest BCUT2D eigenvalue weighted by molar-refractivity contribution is 0.558. The molecule has 1 saturated carbocycles. The minimum absolute atomic E-state index is 0.251. The lowest BCUT2D eigenvalue weighted by atomic mass is 9.99. The summed E-state index contributed by atoms with van der Waals surface area (Å²) in [4.78, 5) is 15.0. The molecule has 6 heteroatoms. The molecule has 1 aliphatic rings. The van der Waals surface area contributed by atoms with Crippen LogP contribution in [0, 0.1) is 5.82 Å².